The second kappa shape index (κ2) is 4.40. The van der Waals surface area contributed by atoms with Gasteiger partial charge in [0.15, 0.2) is 0 Å². The van der Waals surface area contributed by atoms with E-state index in [2.05, 4.69) is 0 Å². The average Bonchev–Trinajstić information content (AvgIpc) is 2.30. The van der Waals surface area contributed by atoms with E-state index >= 15 is 0 Å². The van der Waals surface area contributed by atoms with Crippen LogP contribution in [0.1, 0.15) is 31.2 Å². The molecule has 0 saturated heterocycles. The summed E-state index contributed by atoms with van der Waals surface area (Å²) >= 11 is 0. The maximum atomic E-state index is 11.5. The molecule has 1 aromatic carbocycles. The molecule has 2 rings (SSSR count). The van der Waals surface area contributed by atoms with Gasteiger partial charge in [0.2, 0.25) is 0 Å². The number of carbonyl (C=O) groups excluding carboxylic acids is 1. The first kappa shape index (κ1) is 11.4. The predicted octanol–water partition coefficient (Wildman–Crippen LogP) is 1.08. The molecule has 1 aliphatic carbocycles. The van der Waals surface area contributed by atoms with Crippen LogP contribution in [-0.4, -0.2) is 22.9 Å². The van der Waals surface area contributed by atoms with Gasteiger partial charge in [-0.2, -0.15) is 0 Å². The Morgan fingerprint density at radius 1 is 1.19 bits per heavy atom. The Bertz CT molecular complexity index is 377. The maximum Gasteiger partial charge on any atom is 0.463 e. The van der Waals surface area contributed by atoms with Crippen LogP contribution in [0.15, 0.2) is 30.3 Å². The van der Waals surface area contributed by atoms with E-state index in [0.29, 0.717) is 12.8 Å². The van der Waals surface area contributed by atoms with E-state index in [1.165, 1.54) is 0 Å². The van der Waals surface area contributed by atoms with Crippen LogP contribution in [0.3, 0.4) is 0 Å². The van der Waals surface area contributed by atoms with Gasteiger partial charge in [0.05, 0.1) is 0 Å². The number of rotatable bonds is 2. The lowest BCUT2D eigenvalue weighted by Gasteiger charge is -2.36. The molecule has 0 spiro atoms. The summed E-state index contributed by atoms with van der Waals surface area (Å²) in [5, 5.41) is 18.4. The Kier molecular flexibility index (Phi) is 3.12. The van der Waals surface area contributed by atoms with Crippen molar-refractivity contribution in [1.82, 2.24) is 0 Å². The van der Waals surface area contributed by atoms with Gasteiger partial charge >= 0.3 is 7.12 Å². The SMILES string of the molecule is O=C1CCC[C@@](B(O)O)(c2ccccc2)C1. The molecule has 0 radical (unpaired) electrons. The molecule has 0 amide bonds. The zero-order valence-corrected chi connectivity index (χ0v) is 9.10. The van der Waals surface area contributed by atoms with Crippen molar-refractivity contribution in [2.45, 2.75) is 31.0 Å². The Balaban J connectivity index is 2.39. The monoisotopic (exact) mass is 218 g/mol. The number of benzene rings is 1. The van der Waals surface area contributed by atoms with Crippen LogP contribution >= 0.6 is 0 Å². The molecule has 1 fully saturated rings. The summed E-state index contributed by atoms with van der Waals surface area (Å²) in [6.07, 6.45) is 2.17. The zero-order valence-electron chi connectivity index (χ0n) is 9.10. The largest absolute Gasteiger partial charge is 0.463 e. The van der Waals surface area contributed by atoms with Gasteiger partial charge in [-0.3, -0.25) is 4.79 Å². The Morgan fingerprint density at radius 2 is 1.88 bits per heavy atom. The van der Waals surface area contributed by atoms with E-state index in [1.54, 1.807) is 0 Å². The summed E-state index contributed by atoms with van der Waals surface area (Å²) in [4.78, 5) is 11.5. The molecule has 0 heterocycles. The van der Waals surface area contributed by atoms with Crippen molar-refractivity contribution < 1.29 is 14.8 Å². The molecule has 1 saturated carbocycles. The van der Waals surface area contributed by atoms with Gasteiger partial charge in [0, 0.05) is 18.2 Å². The van der Waals surface area contributed by atoms with Crippen molar-refractivity contribution in [3.8, 4) is 0 Å². The van der Waals surface area contributed by atoms with E-state index in [-0.39, 0.29) is 12.2 Å². The van der Waals surface area contributed by atoms with Gasteiger partial charge in [0.25, 0.3) is 0 Å². The first-order valence-electron chi connectivity index (χ1n) is 5.58. The number of Topliss-reactive ketones (excluding diaryl/α,β-unsaturated/α-hetero) is 1. The van der Waals surface area contributed by atoms with E-state index in [9.17, 15) is 14.8 Å². The van der Waals surface area contributed by atoms with E-state index in [4.69, 9.17) is 0 Å². The Morgan fingerprint density at radius 3 is 2.44 bits per heavy atom. The van der Waals surface area contributed by atoms with E-state index in [1.807, 2.05) is 30.3 Å². The van der Waals surface area contributed by atoms with Crippen LogP contribution in [0.5, 0.6) is 0 Å². The Hall–Kier alpha value is -1.13. The molecule has 3 nitrogen and oxygen atoms in total. The van der Waals surface area contributed by atoms with Crippen LogP contribution in [0.2, 0.25) is 0 Å². The highest BCUT2D eigenvalue weighted by atomic mass is 16.4. The van der Waals surface area contributed by atoms with Crippen molar-refractivity contribution in [2.24, 2.45) is 0 Å². The smallest absolute Gasteiger partial charge is 0.426 e. The highest BCUT2D eigenvalue weighted by molar-refractivity contribution is 6.46. The maximum absolute atomic E-state index is 11.5. The lowest BCUT2D eigenvalue weighted by molar-refractivity contribution is -0.121. The second-order valence-corrected chi connectivity index (χ2v) is 4.46. The quantitative estimate of drug-likeness (QED) is 0.730. The number of hydrogen-bond acceptors (Lipinski definition) is 3. The van der Waals surface area contributed by atoms with Crippen molar-refractivity contribution in [3.63, 3.8) is 0 Å². The van der Waals surface area contributed by atoms with Gasteiger partial charge in [-0.25, -0.2) is 0 Å². The molecule has 0 aliphatic heterocycles. The van der Waals surface area contributed by atoms with Gasteiger partial charge in [-0.1, -0.05) is 30.3 Å². The minimum absolute atomic E-state index is 0.114. The lowest BCUT2D eigenvalue weighted by Crippen LogP contribution is -2.47. The summed E-state index contributed by atoms with van der Waals surface area (Å²) in [6, 6.07) is 9.32. The van der Waals surface area contributed by atoms with Gasteiger partial charge in [0.1, 0.15) is 5.78 Å². The summed E-state index contributed by atoms with van der Waals surface area (Å²) in [6.45, 7) is 0. The molecule has 2 N–H and O–H groups in total. The molecule has 1 aliphatic rings. The molecule has 0 bridgehead atoms. The van der Waals surface area contributed by atoms with E-state index in [0.717, 1.165) is 12.0 Å². The number of ketones is 1. The van der Waals surface area contributed by atoms with Crippen molar-refractivity contribution in [2.75, 3.05) is 0 Å². The second-order valence-electron chi connectivity index (χ2n) is 4.46. The van der Waals surface area contributed by atoms with Crippen LogP contribution < -0.4 is 0 Å². The third-order valence-electron chi connectivity index (χ3n) is 3.43. The van der Waals surface area contributed by atoms with Gasteiger partial charge < -0.3 is 10.0 Å². The highest BCUT2D eigenvalue weighted by Gasteiger charge is 2.46. The topological polar surface area (TPSA) is 57.5 Å². The minimum Gasteiger partial charge on any atom is -0.426 e. The first-order valence-corrected chi connectivity index (χ1v) is 5.58. The standard InChI is InChI=1S/C12H15BO3/c14-11-7-4-8-12(9-11,13(15)16)10-5-2-1-3-6-10/h1-3,5-6,15-16H,4,7-9H2/t12-/m0/s1. The number of carbonyl (C=O) groups is 1. The van der Waals surface area contributed by atoms with E-state index < -0.39 is 12.4 Å². The molecule has 1 aromatic rings. The fourth-order valence-electron chi connectivity index (χ4n) is 2.52. The minimum atomic E-state index is -1.47. The summed E-state index contributed by atoms with van der Waals surface area (Å²) in [5.74, 6) is 0.114. The molecular formula is C12H15BO3. The van der Waals surface area contributed by atoms with Crippen LogP contribution in [-0.2, 0) is 10.1 Å². The van der Waals surface area contributed by atoms with Crippen molar-refractivity contribution in [1.29, 1.82) is 0 Å². The molecule has 4 heteroatoms. The van der Waals surface area contributed by atoms with Crippen LogP contribution in [0.25, 0.3) is 0 Å². The first-order chi connectivity index (χ1) is 7.65. The van der Waals surface area contributed by atoms with Crippen molar-refractivity contribution in [3.05, 3.63) is 35.9 Å². The summed E-state index contributed by atoms with van der Waals surface area (Å²) in [7, 11) is -1.47. The predicted molar refractivity (Wildman–Crippen MR) is 61.8 cm³/mol. The lowest BCUT2D eigenvalue weighted by atomic mass is 9.48. The van der Waals surface area contributed by atoms with Crippen LogP contribution in [0.4, 0.5) is 0 Å². The normalized spacial score (nSPS) is 25.5. The fraction of sp³-hybridized carbons (Fsp3) is 0.417. The molecule has 16 heavy (non-hydrogen) atoms. The number of hydrogen-bond donors (Lipinski definition) is 2. The highest BCUT2D eigenvalue weighted by Crippen LogP contribution is 2.38. The Labute approximate surface area is 95.3 Å². The van der Waals surface area contributed by atoms with Gasteiger partial charge in [-0.05, 0) is 18.4 Å². The van der Waals surface area contributed by atoms with Crippen molar-refractivity contribution >= 4 is 12.9 Å². The molecule has 84 valence electrons. The van der Waals surface area contributed by atoms with Crippen LogP contribution in [0, 0.1) is 0 Å². The average molecular weight is 218 g/mol. The molecule has 1 atom stereocenters. The third kappa shape index (κ3) is 1.90. The third-order valence-corrected chi connectivity index (χ3v) is 3.43. The zero-order chi connectivity index (χ0) is 11.6. The fourth-order valence-corrected chi connectivity index (χ4v) is 2.52. The summed E-state index contributed by atoms with van der Waals surface area (Å²) < 4.78 is 0. The molecular weight excluding hydrogens is 203 g/mol. The molecule has 0 unspecified atom stereocenters. The molecule has 0 aromatic heterocycles. The van der Waals surface area contributed by atoms with Gasteiger partial charge in [-0.15, -0.1) is 0 Å². The summed E-state index contributed by atoms with van der Waals surface area (Å²) in [5.41, 5.74) is 0.845.